The molecule has 2 aliphatic heterocycles. The number of carbonyl (C=O) groups is 1. The van der Waals surface area contributed by atoms with Crippen LogP contribution < -0.4 is 10.6 Å². The van der Waals surface area contributed by atoms with Crippen molar-refractivity contribution < 1.29 is 24.9 Å². The van der Waals surface area contributed by atoms with E-state index in [2.05, 4.69) is 52.2 Å². The van der Waals surface area contributed by atoms with Gasteiger partial charge in [-0.2, -0.15) is 0 Å². The highest BCUT2D eigenvalue weighted by molar-refractivity contribution is 5.82. The number of β-amino-alcohol motifs (C(OH)–C–C–N with tert-alkyl or cyclic N) is 1. The van der Waals surface area contributed by atoms with Gasteiger partial charge in [-0.1, -0.05) is 34.6 Å². The number of ether oxygens (including phenoxy) is 1. The van der Waals surface area contributed by atoms with Gasteiger partial charge in [0.15, 0.2) is 0 Å². The average Bonchev–Trinajstić information content (AvgIpc) is 3.60. The van der Waals surface area contributed by atoms with Crippen molar-refractivity contribution in [1.29, 1.82) is 0 Å². The minimum absolute atomic E-state index is 0.0313. The Morgan fingerprint density at radius 3 is 2.19 bits per heavy atom. The third-order valence-corrected chi connectivity index (χ3v) is 15.0. The summed E-state index contributed by atoms with van der Waals surface area (Å²) in [5, 5.41) is 39.4. The number of hydrogen-bond acceptors (Lipinski definition) is 6. The Morgan fingerprint density at radius 1 is 0.881 bits per heavy atom. The number of aliphatic hydroxyl groups is 3. The molecule has 4 saturated carbocycles. The first kappa shape index (κ1) is 31.3. The van der Waals surface area contributed by atoms with Gasteiger partial charge in [0.05, 0.1) is 35.6 Å². The largest absolute Gasteiger partial charge is 0.393 e. The summed E-state index contributed by atoms with van der Waals surface area (Å²) >= 11 is 0. The molecule has 6 rings (SSSR count). The quantitative estimate of drug-likeness (QED) is 0.329. The molecule has 2 heterocycles. The Balaban J connectivity index is 1.24. The van der Waals surface area contributed by atoms with Crippen LogP contribution in [-0.4, -0.2) is 69.4 Å². The van der Waals surface area contributed by atoms with E-state index in [0.717, 1.165) is 57.8 Å². The highest BCUT2D eigenvalue weighted by Gasteiger charge is 2.72. The molecule has 0 spiro atoms. The van der Waals surface area contributed by atoms with Gasteiger partial charge in [0.1, 0.15) is 0 Å². The second-order valence-electron chi connectivity index (χ2n) is 17.8. The van der Waals surface area contributed by atoms with E-state index in [1.54, 1.807) is 0 Å². The second-order valence-corrected chi connectivity index (χ2v) is 17.8. The topological polar surface area (TPSA) is 111 Å². The molecule has 0 aromatic rings. The maximum atomic E-state index is 13.2. The normalized spacial score (nSPS) is 53.7. The maximum Gasteiger partial charge on any atom is 0.237 e. The summed E-state index contributed by atoms with van der Waals surface area (Å²) in [7, 11) is 0. The second kappa shape index (κ2) is 9.88. The van der Waals surface area contributed by atoms with Crippen LogP contribution in [0.3, 0.4) is 0 Å². The van der Waals surface area contributed by atoms with Crippen LogP contribution in [0.2, 0.25) is 0 Å². The fourth-order valence-corrected chi connectivity index (χ4v) is 12.5. The predicted octanol–water partition coefficient (Wildman–Crippen LogP) is 4.56. The molecule has 0 aromatic carbocycles. The Morgan fingerprint density at radius 2 is 1.57 bits per heavy atom. The lowest BCUT2D eigenvalue weighted by Crippen LogP contribution is -2.68. The van der Waals surface area contributed by atoms with Gasteiger partial charge in [-0.15, -0.1) is 0 Å². The Kier molecular flexibility index (Phi) is 7.36. The molecule has 0 bridgehead atoms. The lowest BCUT2D eigenvalue weighted by atomic mass is 9.35. The van der Waals surface area contributed by atoms with Gasteiger partial charge in [-0.3, -0.25) is 4.79 Å². The van der Waals surface area contributed by atoms with E-state index in [9.17, 15) is 20.1 Å². The highest BCUT2D eigenvalue weighted by Crippen LogP contribution is 2.76. The molecule has 7 heteroatoms. The molecule has 0 unspecified atom stereocenters. The molecule has 13 atom stereocenters. The first-order valence-corrected chi connectivity index (χ1v) is 17.2. The number of hydrogen-bond donors (Lipinski definition) is 5. The molecular weight excluding hydrogens is 528 g/mol. The van der Waals surface area contributed by atoms with Crippen LogP contribution in [0.25, 0.3) is 0 Å². The van der Waals surface area contributed by atoms with Crippen molar-refractivity contribution >= 4 is 5.91 Å². The number of carbonyl (C=O) groups excluding carboxylic acids is 1. The Hall–Kier alpha value is -0.730. The van der Waals surface area contributed by atoms with Crippen molar-refractivity contribution in [3.05, 3.63) is 0 Å². The molecule has 42 heavy (non-hydrogen) atoms. The highest BCUT2D eigenvalue weighted by atomic mass is 16.5. The molecule has 6 aliphatic rings. The zero-order chi connectivity index (χ0) is 30.7. The minimum atomic E-state index is -0.852. The third-order valence-electron chi connectivity index (χ3n) is 15.0. The van der Waals surface area contributed by atoms with E-state index in [1.807, 2.05) is 13.8 Å². The summed E-state index contributed by atoms with van der Waals surface area (Å²) in [5.41, 5.74) is -0.934. The number of aliphatic hydroxyl groups excluding tert-OH is 2. The fraction of sp³-hybridized carbons (Fsp3) is 0.971. The maximum absolute atomic E-state index is 13.2. The van der Waals surface area contributed by atoms with Crippen molar-refractivity contribution in [2.75, 3.05) is 6.54 Å². The molecule has 2 saturated heterocycles. The monoisotopic (exact) mass is 588 g/mol. The van der Waals surface area contributed by atoms with Crippen LogP contribution >= 0.6 is 0 Å². The SMILES string of the molecule is CC(C)(O)[C@H]1CC[C@@](C)([C@H]2CC[C@]3(C)[C@@H]2[C@H](O)C[C@@H]2[C@@]4(C)CC[C@H](NC(=O)[C@H]5C[C@@H](O)CN5)C(C)(C)[C@@H]4CC[C@]23C)O1. The molecular formula is C35H60N2O5. The summed E-state index contributed by atoms with van der Waals surface area (Å²) in [5.74, 6) is 1.45. The van der Waals surface area contributed by atoms with E-state index >= 15 is 0 Å². The number of rotatable bonds is 4. The Bertz CT molecular complexity index is 1070. The van der Waals surface area contributed by atoms with E-state index < -0.39 is 11.7 Å². The average molecular weight is 589 g/mol. The van der Waals surface area contributed by atoms with Gasteiger partial charge in [0.2, 0.25) is 5.91 Å². The predicted molar refractivity (Wildman–Crippen MR) is 164 cm³/mol. The van der Waals surface area contributed by atoms with Crippen LogP contribution in [-0.2, 0) is 9.53 Å². The van der Waals surface area contributed by atoms with Crippen LogP contribution in [0.15, 0.2) is 0 Å². The summed E-state index contributed by atoms with van der Waals surface area (Å²) in [4.78, 5) is 13.2. The van der Waals surface area contributed by atoms with Gasteiger partial charge in [0, 0.05) is 12.6 Å². The zero-order valence-corrected chi connectivity index (χ0v) is 27.6. The van der Waals surface area contributed by atoms with Crippen LogP contribution in [0, 0.1) is 45.3 Å². The van der Waals surface area contributed by atoms with Crippen LogP contribution in [0.4, 0.5) is 0 Å². The lowest BCUT2D eigenvalue weighted by molar-refractivity contribution is -0.240. The molecule has 0 radical (unpaired) electrons. The van der Waals surface area contributed by atoms with Crippen molar-refractivity contribution in [2.24, 2.45) is 45.3 Å². The van der Waals surface area contributed by atoms with Crippen LogP contribution in [0.1, 0.15) is 120 Å². The molecule has 5 N–H and O–H groups in total. The molecule has 240 valence electrons. The van der Waals surface area contributed by atoms with Crippen molar-refractivity contribution in [1.82, 2.24) is 10.6 Å². The lowest BCUT2D eigenvalue weighted by Gasteiger charge is -2.71. The third kappa shape index (κ3) is 4.40. The summed E-state index contributed by atoms with van der Waals surface area (Å²) in [6.45, 7) is 18.8. The van der Waals surface area contributed by atoms with Gasteiger partial charge in [0.25, 0.3) is 0 Å². The number of nitrogens with one attached hydrogen (secondary N) is 2. The van der Waals surface area contributed by atoms with E-state index in [0.29, 0.717) is 30.7 Å². The smallest absolute Gasteiger partial charge is 0.237 e. The molecule has 0 aromatic heterocycles. The number of fused-ring (bicyclic) bond motifs is 5. The van der Waals surface area contributed by atoms with Crippen LogP contribution in [0.5, 0.6) is 0 Å². The summed E-state index contributed by atoms with van der Waals surface area (Å²) in [6, 6.07) is -0.188. The summed E-state index contributed by atoms with van der Waals surface area (Å²) in [6.07, 6.45) is 8.76. The van der Waals surface area contributed by atoms with E-state index in [1.165, 1.54) is 0 Å². The van der Waals surface area contributed by atoms with Crippen molar-refractivity contribution in [3.8, 4) is 0 Å². The van der Waals surface area contributed by atoms with E-state index in [-0.39, 0.29) is 63.4 Å². The summed E-state index contributed by atoms with van der Waals surface area (Å²) < 4.78 is 6.71. The van der Waals surface area contributed by atoms with Crippen molar-refractivity contribution in [3.63, 3.8) is 0 Å². The van der Waals surface area contributed by atoms with Gasteiger partial charge >= 0.3 is 0 Å². The van der Waals surface area contributed by atoms with Gasteiger partial charge in [-0.25, -0.2) is 0 Å². The first-order chi connectivity index (χ1) is 19.4. The molecule has 4 aliphatic carbocycles. The Labute approximate surface area is 254 Å². The number of amides is 1. The first-order valence-electron chi connectivity index (χ1n) is 17.2. The molecule has 6 fully saturated rings. The molecule has 1 amide bonds. The van der Waals surface area contributed by atoms with E-state index in [4.69, 9.17) is 4.74 Å². The fourth-order valence-electron chi connectivity index (χ4n) is 12.5. The molecule has 7 nitrogen and oxygen atoms in total. The van der Waals surface area contributed by atoms with Gasteiger partial charge in [-0.05, 0) is 130 Å². The standard InChI is InChI=1S/C35H60N2O5/c1-30(2)24-10-15-33(6)25(32(24,5)13-11-26(30)37-29(40)22-17-20(38)19-36-22)18-23(39)28-21(9-14-34(28,33)7)35(8)16-12-27(42-35)31(3,4)41/h20-28,36,38-39,41H,9-19H2,1-8H3,(H,37,40)/t20-,21+,22-,23-,24+,25-,26+,27-,28+,32+,33-,34-,35+/m1/s1. The minimum Gasteiger partial charge on any atom is -0.393 e. The zero-order valence-electron chi connectivity index (χ0n) is 27.6. The van der Waals surface area contributed by atoms with Gasteiger partial charge < -0.3 is 30.7 Å². The van der Waals surface area contributed by atoms with Crippen molar-refractivity contribution in [2.45, 2.75) is 161 Å².